The average Bonchev–Trinajstić information content (AvgIpc) is 2.78. The first kappa shape index (κ1) is 15.6. The van der Waals surface area contributed by atoms with Crippen LogP contribution in [0.3, 0.4) is 0 Å². The Labute approximate surface area is 135 Å². The van der Waals surface area contributed by atoms with Gasteiger partial charge < -0.3 is 15.2 Å². The van der Waals surface area contributed by atoms with Crippen LogP contribution in [0.15, 0.2) is 47.4 Å². The van der Waals surface area contributed by atoms with Gasteiger partial charge in [-0.3, -0.25) is 0 Å². The van der Waals surface area contributed by atoms with E-state index in [1.54, 1.807) is 24.3 Å². The van der Waals surface area contributed by atoms with Gasteiger partial charge in [-0.15, -0.1) is 0 Å². The van der Waals surface area contributed by atoms with Crippen LogP contribution < -0.4 is 19.9 Å². The molecule has 0 fully saturated rings. The number of sulfonamides is 1. The maximum absolute atomic E-state index is 12.4. The Bertz CT molecular complexity index is 805. The monoisotopic (exact) mass is 334 g/mol. The maximum atomic E-state index is 12.4. The molecule has 2 aromatic carbocycles. The van der Waals surface area contributed by atoms with Crippen molar-refractivity contribution in [3.8, 4) is 11.5 Å². The minimum absolute atomic E-state index is 0.144. The summed E-state index contributed by atoms with van der Waals surface area (Å²) in [6.07, 6.45) is 0.768. The summed E-state index contributed by atoms with van der Waals surface area (Å²) in [5.74, 6) is 1.02. The first-order valence-corrected chi connectivity index (χ1v) is 8.77. The Morgan fingerprint density at radius 2 is 1.83 bits per heavy atom. The summed E-state index contributed by atoms with van der Waals surface area (Å²) in [6.45, 7) is 1.24. The van der Waals surface area contributed by atoms with Crippen molar-refractivity contribution in [1.82, 2.24) is 4.72 Å². The van der Waals surface area contributed by atoms with Gasteiger partial charge in [0.15, 0.2) is 11.5 Å². The third kappa shape index (κ3) is 3.75. The molecule has 1 heterocycles. The minimum atomic E-state index is -3.64. The molecule has 3 rings (SSSR count). The lowest BCUT2D eigenvalue weighted by Crippen LogP contribution is -2.23. The highest BCUT2D eigenvalue weighted by molar-refractivity contribution is 7.89. The van der Waals surface area contributed by atoms with E-state index in [0.717, 1.165) is 12.0 Å². The van der Waals surface area contributed by atoms with Crippen LogP contribution in [0.25, 0.3) is 0 Å². The second-order valence-electron chi connectivity index (χ2n) is 5.23. The highest BCUT2D eigenvalue weighted by Gasteiger charge is 2.18. The van der Waals surface area contributed by atoms with E-state index in [0.29, 0.717) is 30.4 Å². The Morgan fingerprint density at radius 1 is 1.04 bits per heavy atom. The van der Waals surface area contributed by atoms with Crippen LogP contribution in [0.2, 0.25) is 0 Å². The first-order valence-electron chi connectivity index (χ1n) is 7.28. The molecule has 23 heavy (non-hydrogen) atoms. The smallest absolute Gasteiger partial charge is 0.241 e. The molecule has 3 N–H and O–H groups in total. The van der Waals surface area contributed by atoms with Gasteiger partial charge >= 0.3 is 0 Å². The van der Waals surface area contributed by atoms with Crippen LogP contribution in [-0.4, -0.2) is 21.6 Å². The molecule has 0 amide bonds. The second kappa shape index (κ2) is 6.47. The van der Waals surface area contributed by atoms with Crippen molar-refractivity contribution in [2.75, 3.05) is 18.9 Å². The predicted octanol–water partition coefficient (Wildman–Crippen LogP) is 1.91. The molecule has 0 aromatic heterocycles. The normalized spacial score (nSPS) is 14.3. The van der Waals surface area contributed by atoms with Crippen molar-refractivity contribution in [3.63, 3.8) is 0 Å². The Morgan fingerprint density at radius 3 is 2.61 bits per heavy atom. The zero-order valence-corrected chi connectivity index (χ0v) is 13.3. The maximum Gasteiger partial charge on any atom is 0.241 e. The van der Waals surface area contributed by atoms with Crippen LogP contribution >= 0.6 is 0 Å². The van der Waals surface area contributed by atoms with Crippen molar-refractivity contribution >= 4 is 15.7 Å². The van der Waals surface area contributed by atoms with Crippen molar-refractivity contribution in [2.24, 2.45) is 0 Å². The fourth-order valence-corrected chi connectivity index (χ4v) is 3.31. The molecule has 0 bridgehead atoms. The number of nitrogen functional groups attached to an aromatic ring is 1. The topological polar surface area (TPSA) is 90.7 Å². The minimum Gasteiger partial charge on any atom is -0.490 e. The van der Waals surface area contributed by atoms with Crippen LogP contribution in [0.4, 0.5) is 5.69 Å². The molecule has 0 saturated heterocycles. The number of fused-ring (bicyclic) bond motifs is 1. The number of hydrogen-bond donors (Lipinski definition) is 2. The van der Waals surface area contributed by atoms with Gasteiger partial charge in [-0.1, -0.05) is 12.1 Å². The number of ether oxygens (including phenoxy) is 2. The summed E-state index contributed by atoms with van der Waals surface area (Å²) in [5, 5.41) is 0. The molecule has 0 atom stereocenters. The Hall–Kier alpha value is -2.25. The molecule has 0 spiro atoms. The number of hydrogen-bond acceptors (Lipinski definition) is 5. The Balaban J connectivity index is 1.78. The van der Waals surface area contributed by atoms with Gasteiger partial charge in [-0.05, 0) is 29.8 Å². The van der Waals surface area contributed by atoms with Gasteiger partial charge in [-0.25, -0.2) is 13.1 Å². The molecule has 6 nitrogen and oxygen atoms in total. The summed E-state index contributed by atoms with van der Waals surface area (Å²) in [7, 11) is -3.64. The van der Waals surface area contributed by atoms with E-state index >= 15 is 0 Å². The summed E-state index contributed by atoms with van der Waals surface area (Å²) >= 11 is 0. The zero-order chi connectivity index (χ0) is 16.3. The van der Waals surface area contributed by atoms with Crippen molar-refractivity contribution in [1.29, 1.82) is 0 Å². The van der Waals surface area contributed by atoms with Crippen molar-refractivity contribution in [2.45, 2.75) is 17.9 Å². The average molecular weight is 334 g/mol. The number of nitrogens with two attached hydrogens (primary N) is 1. The lowest BCUT2D eigenvalue weighted by molar-refractivity contribution is 0.297. The van der Waals surface area contributed by atoms with Gasteiger partial charge in [0.2, 0.25) is 10.0 Å². The van der Waals surface area contributed by atoms with Crippen LogP contribution in [0.1, 0.15) is 12.0 Å². The van der Waals surface area contributed by atoms with E-state index in [1.807, 2.05) is 6.07 Å². The molecule has 2 aromatic rings. The molecule has 7 heteroatoms. The summed E-state index contributed by atoms with van der Waals surface area (Å²) in [5.41, 5.74) is 7.08. The van der Waals surface area contributed by atoms with Gasteiger partial charge in [-0.2, -0.15) is 0 Å². The van der Waals surface area contributed by atoms with E-state index < -0.39 is 10.0 Å². The molecule has 122 valence electrons. The molecule has 0 aliphatic carbocycles. The number of nitrogens with one attached hydrogen (secondary N) is 1. The van der Waals surface area contributed by atoms with E-state index in [2.05, 4.69) is 4.72 Å². The lowest BCUT2D eigenvalue weighted by Gasteiger charge is -2.11. The number of benzene rings is 2. The van der Waals surface area contributed by atoms with E-state index in [4.69, 9.17) is 15.2 Å². The molecular weight excluding hydrogens is 316 g/mol. The zero-order valence-electron chi connectivity index (χ0n) is 12.5. The number of rotatable bonds is 4. The number of anilines is 1. The molecule has 0 radical (unpaired) electrons. The van der Waals surface area contributed by atoms with Gasteiger partial charge in [0.1, 0.15) is 0 Å². The highest BCUT2D eigenvalue weighted by atomic mass is 32.2. The molecular formula is C16H18N2O4S. The van der Waals surface area contributed by atoms with Gasteiger partial charge in [0.05, 0.1) is 18.1 Å². The SMILES string of the molecule is Nc1cccc(CNS(=O)(=O)c2ccc3c(c2)OCCCO3)c1. The van der Waals surface area contributed by atoms with Crippen LogP contribution in [0.5, 0.6) is 11.5 Å². The van der Waals surface area contributed by atoms with Crippen LogP contribution in [-0.2, 0) is 16.6 Å². The molecule has 0 unspecified atom stereocenters. The molecule has 1 aliphatic heterocycles. The molecule has 0 saturated carbocycles. The second-order valence-corrected chi connectivity index (χ2v) is 7.00. The quantitative estimate of drug-likeness (QED) is 0.834. The lowest BCUT2D eigenvalue weighted by atomic mass is 10.2. The van der Waals surface area contributed by atoms with Crippen LogP contribution in [0, 0.1) is 0 Å². The summed E-state index contributed by atoms with van der Waals surface area (Å²) in [4.78, 5) is 0.144. The standard InChI is InChI=1S/C16H18N2O4S/c17-13-4-1-3-12(9-13)11-18-23(19,20)14-5-6-15-16(10-14)22-8-2-7-21-15/h1,3-6,9-10,18H,2,7-8,11,17H2. The van der Waals surface area contributed by atoms with Gasteiger partial charge in [0.25, 0.3) is 0 Å². The van der Waals surface area contributed by atoms with E-state index in [-0.39, 0.29) is 11.4 Å². The van der Waals surface area contributed by atoms with E-state index in [9.17, 15) is 8.42 Å². The summed E-state index contributed by atoms with van der Waals surface area (Å²) in [6, 6.07) is 11.7. The largest absolute Gasteiger partial charge is 0.490 e. The third-order valence-electron chi connectivity index (χ3n) is 3.45. The van der Waals surface area contributed by atoms with Crippen molar-refractivity contribution < 1.29 is 17.9 Å². The summed E-state index contributed by atoms with van der Waals surface area (Å²) < 4.78 is 38.4. The highest BCUT2D eigenvalue weighted by Crippen LogP contribution is 2.31. The fraction of sp³-hybridized carbons (Fsp3) is 0.250. The fourth-order valence-electron chi connectivity index (χ4n) is 2.28. The molecule has 1 aliphatic rings. The van der Waals surface area contributed by atoms with Crippen molar-refractivity contribution in [3.05, 3.63) is 48.0 Å². The third-order valence-corrected chi connectivity index (χ3v) is 4.85. The van der Waals surface area contributed by atoms with E-state index in [1.165, 1.54) is 12.1 Å². The van der Waals surface area contributed by atoms with Gasteiger partial charge in [0, 0.05) is 24.7 Å². The Kier molecular flexibility index (Phi) is 4.40. The first-order chi connectivity index (χ1) is 11.0. The predicted molar refractivity (Wildman–Crippen MR) is 86.9 cm³/mol.